The van der Waals surface area contributed by atoms with Crippen LogP contribution >= 0.6 is 0 Å². The largest absolute Gasteiger partial charge is 0.573 e. The summed E-state index contributed by atoms with van der Waals surface area (Å²) in [5, 5.41) is 2.37. The van der Waals surface area contributed by atoms with E-state index in [9.17, 15) is 22.4 Å². The van der Waals surface area contributed by atoms with Gasteiger partial charge in [0.05, 0.1) is 0 Å². The van der Waals surface area contributed by atoms with Gasteiger partial charge in [-0.15, -0.1) is 13.2 Å². The molecule has 0 atom stereocenters. The highest BCUT2D eigenvalue weighted by molar-refractivity contribution is 5.92. The number of hydrogen-bond donors (Lipinski definition) is 1. The molecule has 1 N–H and O–H groups in total. The monoisotopic (exact) mass is 329 g/mol. The molecular formula is C14H11F4N3O2. The molecule has 0 saturated carbocycles. The fourth-order valence-electron chi connectivity index (χ4n) is 1.74. The van der Waals surface area contributed by atoms with Crippen LogP contribution in [0.3, 0.4) is 0 Å². The van der Waals surface area contributed by atoms with E-state index in [1.807, 2.05) is 0 Å². The highest BCUT2D eigenvalue weighted by atomic mass is 19.4. The molecule has 23 heavy (non-hydrogen) atoms. The highest BCUT2D eigenvalue weighted by Gasteiger charge is 2.32. The summed E-state index contributed by atoms with van der Waals surface area (Å²) in [6, 6.07) is 4.71. The Bertz CT molecular complexity index is 719. The molecule has 0 aliphatic rings. The topological polar surface area (TPSA) is 64.1 Å². The molecule has 5 nitrogen and oxygen atoms in total. The number of aryl methyl sites for hydroxylation is 1. The van der Waals surface area contributed by atoms with Crippen molar-refractivity contribution in [3.63, 3.8) is 0 Å². The molecule has 122 valence electrons. The van der Waals surface area contributed by atoms with Crippen molar-refractivity contribution < 1.29 is 27.1 Å². The molecule has 9 heteroatoms. The maximum Gasteiger partial charge on any atom is 0.573 e. The van der Waals surface area contributed by atoms with Gasteiger partial charge in [-0.25, -0.2) is 14.4 Å². The standard InChI is InChI=1S/C14H11F4N3O2/c1-8-5-10(21-7-20-8)13(22)19-6-9-3-2-4-11(12(9)15)23-14(16,17)18/h2-5,7H,6H2,1H3,(H,19,22). The quantitative estimate of drug-likeness (QED) is 0.876. The van der Waals surface area contributed by atoms with Crippen molar-refractivity contribution in [1.29, 1.82) is 0 Å². The average Bonchev–Trinajstić information content (AvgIpc) is 2.46. The number of nitrogens with zero attached hydrogens (tertiary/aromatic N) is 2. The van der Waals surface area contributed by atoms with E-state index in [1.165, 1.54) is 24.5 Å². The predicted octanol–water partition coefficient (Wildman–Crippen LogP) is 2.75. The number of ether oxygens (including phenoxy) is 1. The van der Waals surface area contributed by atoms with Crippen molar-refractivity contribution >= 4 is 5.91 Å². The molecule has 0 fully saturated rings. The molecule has 0 saturated heterocycles. The second-order valence-electron chi connectivity index (χ2n) is 4.50. The van der Waals surface area contributed by atoms with Crippen LogP contribution in [0.15, 0.2) is 30.6 Å². The lowest BCUT2D eigenvalue weighted by molar-refractivity contribution is -0.275. The number of carbonyl (C=O) groups excluding carboxylic acids is 1. The van der Waals surface area contributed by atoms with Gasteiger partial charge in [0.2, 0.25) is 0 Å². The third kappa shape index (κ3) is 4.63. The van der Waals surface area contributed by atoms with Gasteiger partial charge in [-0.3, -0.25) is 4.79 Å². The summed E-state index contributed by atoms with van der Waals surface area (Å²) < 4.78 is 54.0. The van der Waals surface area contributed by atoms with Crippen LogP contribution in [0, 0.1) is 12.7 Å². The van der Waals surface area contributed by atoms with Gasteiger partial charge in [-0.2, -0.15) is 0 Å². The Morgan fingerprint density at radius 3 is 2.70 bits per heavy atom. The second kappa shape index (κ2) is 6.59. The molecule has 1 amide bonds. The van der Waals surface area contributed by atoms with Gasteiger partial charge in [-0.1, -0.05) is 12.1 Å². The van der Waals surface area contributed by atoms with E-state index < -0.39 is 23.8 Å². The van der Waals surface area contributed by atoms with Gasteiger partial charge in [0.15, 0.2) is 11.6 Å². The summed E-state index contributed by atoms with van der Waals surface area (Å²) >= 11 is 0. The van der Waals surface area contributed by atoms with E-state index in [0.29, 0.717) is 5.69 Å². The van der Waals surface area contributed by atoms with Gasteiger partial charge >= 0.3 is 6.36 Å². The number of halogens is 4. The first-order valence-corrected chi connectivity index (χ1v) is 6.36. The summed E-state index contributed by atoms with van der Waals surface area (Å²) in [5.41, 5.74) is 0.489. The molecule has 0 unspecified atom stereocenters. The maximum absolute atomic E-state index is 13.9. The number of rotatable bonds is 4. The number of benzene rings is 1. The van der Waals surface area contributed by atoms with Crippen molar-refractivity contribution in [1.82, 2.24) is 15.3 Å². The van der Waals surface area contributed by atoms with E-state index >= 15 is 0 Å². The predicted molar refractivity (Wildman–Crippen MR) is 71.0 cm³/mol. The summed E-state index contributed by atoms with van der Waals surface area (Å²) in [6.07, 6.45) is -3.80. The van der Waals surface area contributed by atoms with Crippen molar-refractivity contribution in [2.45, 2.75) is 19.8 Å². The zero-order valence-corrected chi connectivity index (χ0v) is 11.8. The van der Waals surface area contributed by atoms with Crippen LogP contribution in [-0.4, -0.2) is 22.2 Å². The highest BCUT2D eigenvalue weighted by Crippen LogP contribution is 2.27. The van der Waals surface area contributed by atoms with E-state index in [4.69, 9.17) is 0 Å². The van der Waals surface area contributed by atoms with Gasteiger partial charge in [0.1, 0.15) is 12.0 Å². The number of hydrogen-bond acceptors (Lipinski definition) is 4. The molecule has 2 rings (SSSR count). The Labute approximate surface area is 128 Å². The maximum atomic E-state index is 13.9. The minimum absolute atomic E-state index is 0.0700. The van der Waals surface area contributed by atoms with E-state index in [-0.39, 0.29) is 17.8 Å². The fraction of sp³-hybridized carbons (Fsp3) is 0.214. The summed E-state index contributed by atoms with van der Waals surface area (Å²) in [7, 11) is 0. The molecule has 1 heterocycles. The molecule has 0 aliphatic carbocycles. The van der Waals surface area contributed by atoms with Crippen molar-refractivity contribution in [2.75, 3.05) is 0 Å². The second-order valence-corrected chi connectivity index (χ2v) is 4.50. The zero-order valence-electron chi connectivity index (χ0n) is 11.8. The Morgan fingerprint density at radius 1 is 1.30 bits per heavy atom. The summed E-state index contributed by atoms with van der Waals surface area (Å²) in [4.78, 5) is 19.4. The lowest BCUT2D eigenvalue weighted by Crippen LogP contribution is -2.25. The number of aromatic nitrogens is 2. The lowest BCUT2D eigenvalue weighted by atomic mass is 10.2. The molecule has 0 spiro atoms. The number of amides is 1. The molecular weight excluding hydrogens is 318 g/mol. The van der Waals surface area contributed by atoms with Gasteiger partial charge in [0.25, 0.3) is 5.91 Å². The van der Waals surface area contributed by atoms with Gasteiger partial charge < -0.3 is 10.1 Å². The van der Waals surface area contributed by atoms with Gasteiger partial charge in [0, 0.05) is 17.8 Å². The Hall–Kier alpha value is -2.71. The van der Waals surface area contributed by atoms with Crippen LogP contribution in [0.4, 0.5) is 17.6 Å². The van der Waals surface area contributed by atoms with E-state index in [2.05, 4.69) is 20.0 Å². The minimum Gasteiger partial charge on any atom is -0.403 e. The molecule has 1 aromatic heterocycles. The van der Waals surface area contributed by atoms with Crippen molar-refractivity contribution in [3.05, 3.63) is 53.4 Å². The van der Waals surface area contributed by atoms with Crippen molar-refractivity contribution in [2.24, 2.45) is 0 Å². The molecule has 1 aromatic carbocycles. The van der Waals surface area contributed by atoms with Crippen LogP contribution < -0.4 is 10.1 Å². The lowest BCUT2D eigenvalue weighted by Gasteiger charge is -2.12. The zero-order chi connectivity index (χ0) is 17.0. The number of carbonyl (C=O) groups is 1. The van der Waals surface area contributed by atoms with Crippen LogP contribution in [0.25, 0.3) is 0 Å². The van der Waals surface area contributed by atoms with E-state index in [0.717, 1.165) is 6.07 Å². The van der Waals surface area contributed by atoms with Gasteiger partial charge in [-0.05, 0) is 19.1 Å². The minimum atomic E-state index is -5.00. The normalized spacial score (nSPS) is 11.2. The van der Waals surface area contributed by atoms with Crippen LogP contribution in [0.1, 0.15) is 21.7 Å². The van der Waals surface area contributed by atoms with Crippen LogP contribution in [0.2, 0.25) is 0 Å². The molecule has 0 aliphatic heterocycles. The Balaban J connectivity index is 2.09. The summed E-state index contributed by atoms with van der Waals surface area (Å²) in [6.45, 7) is 1.35. The molecule has 2 aromatic rings. The first-order chi connectivity index (χ1) is 10.8. The molecule has 0 bridgehead atoms. The summed E-state index contributed by atoms with van der Waals surface area (Å²) in [5.74, 6) is -2.75. The smallest absolute Gasteiger partial charge is 0.403 e. The van der Waals surface area contributed by atoms with Crippen LogP contribution in [-0.2, 0) is 6.54 Å². The number of nitrogens with one attached hydrogen (secondary N) is 1. The van der Waals surface area contributed by atoms with Crippen molar-refractivity contribution in [3.8, 4) is 5.75 Å². The molecule has 0 radical (unpaired) electrons. The first kappa shape index (κ1) is 16.7. The fourth-order valence-corrected chi connectivity index (χ4v) is 1.74. The first-order valence-electron chi connectivity index (χ1n) is 6.36. The SMILES string of the molecule is Cc1cc(C(=O)NCc2cccc(OC(F)(F)F)c2F)ncn1. The van der Waals surface area contributed by atoms with E-state index in [1.54, 1.807) is 6.92 Å². The Morgan fingerprint density at radius 2 is 2.04 bits per heavy atom. The average molecular weight is 329 g/mol. The number of alkyl halides is 3. The third-order valence-corrected chi connectivity index (χ3v) is 2.74. The third-order valence-electron chi connectivity index (χ3n) is 2.74. The Kier molecular flexibility index (Phi) is 4.77. The van der Waals surface area contributed by atoms with Crippen LogP contribution in [0.5, 0.6) is 5.75 Å².